The van der Waals surface area contributed by atoms with Crippen molar-refractivity contribution in [3.63, 3.8) is 0 Å². The van der Waals surface area contributed by atoms with Crippen molar-refractivity contribution in [2.24, 2.45) is 0 Å². The van der Waals surface area contributed by atoms with E-state index in [-0.39, 0.29) is 5.38 Å². The molecule has 18 heavy (non-hydrogen) atoms. The van der Waals surface area contributed by atoms with Crippen molar-refractivity contribution in [1.82, 2.24) is 0 Å². The Labute approximate surface area is 126 Å². The lowest BCUT2D eigenvalue weighted by atomic mass is 9.98. The van der Waals surface area contributed by atoms with Gasteiger partial charge in [0.2, 0.25) is 0 Å². The molecule has 0 fully saturated rings. The summed E-state index contributed by atoms with van der Waals surface area (Å²) in [6.07, 6.45) is 0. The van der Waals surface area contributed by atoms with E-state index in [0.29, 0.717) is 5.02 Å². The molecule has 0 saturated heterocycles. The van der Waals surface area contributed by atoms with Gasteiger partial charge >= 0.3 is 0 Å². The molecule has 0 nitrogen and oxygen atoms in total. The van der Waals surface area contributed by atoms with Crippen molar-refractivity contribution in [2.45, 2.75) is 19.2 Å². The molecular formula is C15H13BrCl2. The van der Waals surface area contributed by atoms with Crippen LogP contribution in [0.1, 0.15) is 27.6 Å². The molecule has 1 unspecified atom stereocenters. The van der Waals surface area contributed by atoms with Gasteiger partial charge in [0.15, 0.2) is 0 Å². The smallest absolute Gasteiger partial charge is 0.0849 e. The summed E-state index contributed by atoms with van der Waals surface area (Å²) in [6, 6.07) is 12.0. The first-order valence-electron chi connectivity index (χ1n) is 5.65. The first-order chi connectivity index (χ1) is 8.49. The number of benzene rings is 2. The van der Waals surface area contributed by atoms with E-state index in [9.17, 15) is 0 Å². The Morgan fingerprint density at radius 3 is 2.39 bits per heavy atom. The van der Waals surface area contributed by atoms with Gasteiger partial charge in [0, 0.05) is 9.50 Å². The molecule has 0 aromatic heterocycles. The van der Waals surface area contributed by atoms with Crippen LogP contribution in [0.15, 0.2) is 40.9 Å². The predicted molar refractivity (Wildman–Crippen MR) is 82.8 cm³/mol. The Morgan fingerprint density at radius 2 is 1.72 bits per heavy atom. The first-order valence-corrected chi connectivity index (χ1v) is 7.26. The summed E-state index contributed by atoms with van der Waals surface area (Å²) in [5, 5.41) is 0.502. The number of hydrogen-bond acceptors (Lipinski definition) is 0. The highest BCUT2D eigenvalue weighted by molar-refractivity contribution is 9.10. The van der Waals surface area contributed by atoms with E-state index in [1.165, 1.54) is 11.1 Å². The molecule has 0 aliphatic carbocycles. The maximum Gasteiger partial charge on any atom is 0.0849 e. The maximum atomic E-state index is 6.58. The van der Waals surface area contributed by atoms with Gasteiger partial charge in [-0.15, -0.1) is 11.6 Å². The summed E-state index contributed by atoms with van der Waals surface area (Å²) in [5.74, 6) is 0. The Hall–Kier alpha value is -0.500. The quantitative estimate of drug-likeness (QED) is 0.582. The summed E-state index contributed by atoms with van der Waals surface area (Å²) in [7, 11) is 0. The van der Waals surface area contributed by atoms with Gasteiger partial charge in [-0.2, -0.15) is 0 Å². The zero-order valence-electron chi connectivity index (χ0n) is 10.2. The lowest BCUT2D eigenvalue weighted by Crippen LogP contribution is -1.98. The van der Waals surface area contributed by atoms with Crippen molar-refractivity contribution >= 4 is 39.1 Å². The number of aryl methyl sites for hydroxylation is 2. The molecule has 0 bridgehead atoms. The molecule has 0 amide bonds. The third kappa shape index (κ3) is 2.90. The molecule has 0 heterocycles. The van der Waals surface area contributed by atoms with Crippen LogP contribution in [0.4, 0.5) is 0 Å². The molecule has 0 radical (unpaired) electrons. The Morgan fingerprint density at radius 1 is 1.00 bits per heavy atom. The second kappa shape index (κ2) is 5.64. The second-order valence-corrected chi connectivity index (χ2v) is 6.12. The van der Waals surface area contributed by atoms with Gasteiger partial charge in [-0.05, 0) is 48.7 Å². The molecule has 0 aliphatic heterocycles. The van der Waals surface area contributed by atoms with Crippen molar-refractivity contribution in [3.8, 4) is 0 Å². The second-order valence-electron chi connectivity index (χ2n) is 4.39. The van der Waals surface area contributed by atoms with Crippen LogP contribution < -0.4 is 0 Å². The molecule has 3 heteroatoms. The molecule has 2 aromatic carbocycles. The highest BCUT2D eigenvalue weighted by Crippen LogP contribution is 2.36. The first kappa shape index (κ1) is 13.9. The van der Waals surface area contributed by atoms with Crippen LogP contribution in [0.3, 0.4) is 0 Å². The molecule has 0 aliphatic rings. The zero-order chi connectivity index (χ0) is 13.3. The SMILES string of the molecule is Cc1ccc(C(Cl)c2cc(Cl)ccc2Br)c(C)c1. The van der Waals surface area contributed by atoms with E-state index in [4.69, 9.17) is 23.2 Å². The summed E-state index contributed by atoms with van der Waals surface area (Å²) >= 11 is 16.1. The van der Waals surface area contributed by atoms with Crippen LogP contribution in [0.5, 0.6) is 0 Å². The topological polar surface area (TPSA) is 0 Å². The van der Waals surface area contributed by atoms with Gasteiger partial charge in [0.1, 0.15) is 0 Å². The van der Waals surface area contributed by atoms with Crippen LogP contribution in [-0.2, 0) is 0 Å². The van der Waals surface area contributed by atoms with Crippen LogP contribution in [0.25, 0.3) is 0 Å². The number of rotatable bonds is 2. The standard InChI is InChI=1S/C15H13BrCl2/c1-9-3-5-12(10(2)7-9)15(18)13-8-11(17)4-6-14(13)16/h3-8,15H,1-2H3. The number of hydrogen-bond donors (Lipinski definition) is 0. The van der Waals surface area contributed by atoms with E-state index in [1.54, 1.807) is 0 Å². The molecular weight excluding hydrogens is 331 g/mol. The fourth-order valence-corrected chi connectivity index (χ4v) is 3.20. The van der Waals surface area contributed by atoms with Gasteiger partial charge in [-0.25, -0.2) is 0 Å². The fourth-order valence-electron chi connectivity index (χ4n) is 1.99. The number of alkyl halides is 1. The van der Waals surface area contributed by atoms with Gasteiger partial charge in [-0.1, -0.05) is 51.3 Å². The van der Waals surface area contributed by atoms with Crippen LogP contribution in [-0.4, -0.2) is 0 Å². The van der Waals surface area contributed by atoms with E-state index >= 15 is 0 Å². The fraction of sp³-hybridized carbons (Fsp3) is 0.200. The summed E-state index contributed by atoms with van der Waals surface area (Å²) in [4.78, 5) is 0. The van der Waals surface area contributed by atoms with Crippen molar-refractivity contribution in [1.29, 1.82) is 0 Å². The largest absolute Gasteiger partial charge is 0.113 e. The minimum atomic E-state index is -0.196. The molecule has 1 atom stereocenters. The molecule has 94 valence electrons. The van der Waals surface area contributed by atoms with Gasteiger partial charge in [0.05, 0.1) is 5.38 Å². The van der Waals surface area contributed by atoms with Crippen molar-refractivity contribution < 1.29 is 0 Å². The average molecular weight is 344 g/mol. The van der Waals surface area contributed by atoms with Gasteiger partial charge in [-0.3, -0.25) is 0 Å². The average Bonchev–Trinajstić information content (AvgIpc) is 2.31. The van der Waals surface area contributed by atoms with Crippen molar-refractivity contribution in [3.05, 3.63) is 68.1 Å². The Bertz CT molecular complexity index is 579. The minimum absolute atomic E-state index is 0.196. The van der Waals surface area contributed by atoms with E-state index in [1.807, 2.05) is 18.2 Å². The lowest BCUT2D eigenvalue weighted by molar-refractivity contribution is 1.10. The minimum Gasteiger partial charge on any atom is -0.113 e. The third-order valence-corrected chi connectivity index (χ3v) is 4.36. The van der Waals surface area contributed by atoms with E-state index in [2.05, 4.69) is 48.0 Å². The molecule has 0 saturated carbocycles. The normalized spacial score (nSPS) is 12.5. The van der Waals surface area contributed by atoms with E-state index in [0.717, 1.165) is 15.6 Å². The maximum absolute atomic E-state index is 6.58. The van der Waals surface area contributed by atoms with Crippen LogP contribution >= 0.6 is 39.1 Å². The third-order valence-electron chi connectivity index (χ3n) is 2.93. The summed E-state index contributed by atoms with van der Waals surface area (Å²) in [6.45, 7) is 4.16. The number of halogens is 3. The summed E-state index contributed by atoms with van der Waals surface area (Å²) in [5.41, 5.74) is 4.55. The molecule has 2 aromatic rings. The van der Waals surface area contributed by atoms with Gasteiger partial charge < -0.3 is 0 Å². The van der Waals surface area contributed by atoms with Crippen LogP contribution in [0, 0.1) is 13.8 Å². The Balaban J connectivity index is 2.47. The zero-order valence-corrected chi connectivity index (χ0v) is 13.3. The molecule has 0 spiro atoms. The highest BCUT2D eigenvalue weighted by atomic mass is 79.9. The lowest BCUT2D eigenvalue weighted by Gasteiger charge is -2.15. The van der Waals surface area contributed by atoms with E-state index < -0.39 is 0 Å². The Kier molecular flexibility index (Phi) is 4.37. The molecule has 0 N–H and O–H groups in total. The van der Waals surface area contributed by atoms with Crippen molar-refractivity contribution in [2.75, 3.05) is 0 Å². The van der Waals surface area contributed by atoms with Crippen LogP contribution in [0.2, 0.25) is 5.02 Å². The monoisotopic (exact) mass is 342 g/mol. The highest BCUT2D eigenvalue weighted by Gasteiger charge is 2.16. The molecule has 2 rings (SSSR count). The predicted octanol–water partition coefficient (Wildman–Crippen LogP) is 6.05. The van der Waals surface area contributed by atoms with Gasteiger partial charge in [0.25, 0.3) is 0 Å². The summed E-state index contributed by atoms with van der Waals surface area (Å²) < 4.78 is 0.979.